The van der Waals surface area contributed by atoms with Crippen molar-refractivity contribution in [1.29, 1.82) is 0 Å². The number of rotatable bonds is 7. The van der Waals surface area contributed by atoms with Crippen molar-refractivity contribution in [2.75, 3.05) is 52.4 Å². The summed E-state index contributed by atoms with van der Waals surface area (Å²) >= 11 is 0. The van der Waals surface area contributed by atoms with Crippen molar-refractivity contribution >= 4 is 11.6 Å². The van der Waals surface area contributed by atoms with E-state index in [4.69, 9.17) is 9.47 Å². The van der Waals surface area contributed by atoms with Crippen LogP contribution in [-0.2, 0) is 15.9 Å². The average molecular weight is 292 g/mol. The van der Waals surface area contributed by atoms with Crippen LogP contribution in [0.5, 0.6) is 0 Å². The zero-order valence-electron chi connectivity index (χ0n) is 12.9. The van der Waals surface area contributed by atoms with E-state index in [2.05, 4.69) is 5.32 Å². The van der Waals surface area contributed by atoms with Crippen LogP contribution >= 0.6 is 0 Å². The molecule has 1 aromatic carbocycles. The first-order valence-electron chi connectivity index (χ1n) is 7.41. The molecule has 5 heteroatoms. The predicted molar refractivity (Wildman–Crippen MR) is 82.9 cm³/mol. The highest BCUT2D eigenvalue weighted by molar-refractivity contribution is 5.97. The van der Waals surface area contributed by atoms with Gasteiger partial charge in [-0.1, -0.05) is 6.07 Å². The summed E-state index contributed by atoms with van der Waals surface area (Å²) in [6.07, 6.45) is 2.01. The second-order valence-electron chi connectivity index (χ2n) is 5.14. The van der Waals surface area contributed by atoms with Gasteiger partial charge in [-0.15, -0.1) is 0 Å². The van der Waals surface area contributed by atoms with Crippen LogP contribution in [0.15, 0.2) is 18.2 Å². The monoisotopic (exact) mass is 292 g/mol. The molecule has 0 saturated carbocycles. The van der Waals surface area contributed by atoms with E-state index in [0.29, 0.717) is 26.3 Å². The average Bonchev–Trinajstić information content (AvgIpc) is 2.54. The SMILES string of the molecule is COCCN(CCOC)C(=O)c1cccc2c1CCCN2. The molecule has 0 bridgehead atoms. The molecule has 0 fully saturated rings. The smallest absolute Gasteiger partial charge is 0.254 e. The van der Waals surface area contributed by atoms with E-state index in [-0.39, 0.29) is 5.91 Å². The van der Waals surface area contributed by atoms with Crippen molar-refractivity contribution < 1.29 is 14.3 Å². The molecular weight excluding hydrogens is 268 g/mol. The van der Waals surface area contributed by atoms with E-state index < -0.39 is 0 Å². The van der Waals surface area contributed by atoms with Gasteiger partial charge in [0, 0.05) is 45.1 Å². The van der Waals surface area contributed by atoms with Crippen molar-refractivity contribution in [3.8, 4) is 0 Å². The quantitative estimate of drug-likeness (QED) is 0.832. The fourth-order valence-corrected chi connectivity index (χ4v) is 2.60. The fourth-order valence-electron chi connectivity index (χ4n) is 2.60. The van der Waals surface area contributed by atoms with Crippen LogP contribution in [0.3, 0.4) is 0 Å². The summed E-state index contributed by atoms with van der Waals surface area (Å²) in [5, 5.41) is 3.36. The number of hydrogen-bond donors (Lipinski definition) is 1. The zero-order valence-corrected chi connectivity index (χ0v) is 12.9. The van der Waals surface area contributed by atoms with Crippen molar-refractivity contribution in [3.05, 3.63) is 29.3 Å². The van der Waals surface area contributed by atoms with Crippen LogP contribution in [0.25, 0.3) is 0 Å². The van der Waals surface area contributed by atoms with E-state index >= 15 is 0 Å². The highest BCUT2D eigenvalue weighted by atomic mass is 16.5. The summed E-state index contributed by atoms with van der Waals surface area (Å²) < 4.78 is 10.2. The number of fused-ring (bicyclic) bond motifs is 1. The molecule has 116 valence electrons. The second-order valence-corrected chi connectivity index (χ2v) is 5.14. The number of carbonyl (C=O) groups excluding carboxylic acids is 1. The van der Waals surface area contributed by atoms with E-state index in [1.165, 1.54) is 0 Å². The summed E-state index contributed by atoms with van der Waals surface area (Å²) in [5.41, 5.74) is 3.02. The molecule has 1 aromatic rings. The number of amides is 1. The van der Waals surface area contributed by atoms with E-state index in [1.54, 1.807) is 19.1 Å². The van der Waals surface area contributed by atoms with E-state index in [0.717, 1.165) is 36.2 Å². The number of anilines is 1. The van der Waals surface area contributed by atoms with Gasteiger partial charge in [-0.05, 0) is 30.5 Å². The summed E-state index contributed by atoms with van der Waals surface area (Å²) in [6.45, 7) is 3.19. The number of benzene rings is 1. The Morgan fingerprint density at radius 2 is 1.95 bits per heavy atom. The molecule has 1 aliphatic rings. The van der Waals surface area contributed by atoms with Gasteiger partial charge >= 0.3 is 0 Å². The number of ether oxygens (including phenoxy) is 2. The van der Waals surface area contributed by atoms with E-state index in [1.807, 2.05) is 18.2 Å². The molecule has 0 saturated heterocycles. The number of hydrogen-bond acceptors (Lipinski definition) is 4. The molecule has 1 aliphatic heterocycles. The first-order chi connectivity index (χ1) is 10.3. The lowest BCUT2D eigenvalue weighted by atomic mass is 9.97. The Labute approximate surface area is 126 Å². The summed E-state index contributed by atoms with van der Waals surface area (Å²) in [7, 11) is 3.29. The summed E-state index contributed by atoms with van der Waals surface area (Å²) in [6, 6.07) is 5.90. The number of carbonyl (C=O) groups is 1. The van der Waals surface area contributed by atoms with Crippen LogP contribution in [0.1, 0.15) is 22.3 Å². The molecule has 0 unspecified atom stereocenters. The lowest BCUT2D eigenvalue weighted by Gasteiger charge is -2.26. The van der Waals surface area contributed by atoms with Crippen molar-refractivity contribution in [3.63, 3.8) is 0 Å². The van der Waals surface area contributed by atoms with Crippen LogP contribution in [0.4, 0.5) is 5.69 Å². The van der Waals surface area contributed by atoms with Crippen LogP contribution in [0.2, 0.25) is 0 Å². The molecule has 0 aliphatic carbocycles. The second kappa shape index (κ2) is 8.00. The number of nitrogens with one attached hydrogen (secondary N) is 1. The van der Waals surface area contributed by atoms with Crippen LogP contribution < -0.4 is 5.32 Å². The highest BCUT2D eigenvalue weighted by Gasteiger charge is 2.21. The molecular formula is C16H24N2O3. The van der Waals surface area contributed by atoms with E-state index in [9.17, 15) is 4.79 Å². The Bertz CT molecular complexity index is 469. The van der Waals surface area contributed by atoms with Gasteiger partial charge in [0.2, 0.25) is 0 Å². The standard InChI is InChI=1S/C16H24N2O3/c1-20-11-9-18(10-12-21-2)16(19)14-5-3-7-15-13(14)6-4-8-17-15/h3,5,7,17H,4,6,8-12H2,1-2H3. The first kappa shape index (κ1) is 15.8. The van der Waals surface area contributed by atoms with Gasteiger partial charge in [0.15, 0.2) is 0 Å². The van der Waals surface area contributed by atoms with Crippen LogP contribution in [-0.4, -0.2) is 57.9 Å². The third-order valence-electron chi connectivity index (χ3n) is 3.74. The lowest BCUT2D eigenvalue weighted by Crippen LogP contribution is -2.37. The Kier molecular flexibility index (Phi) is 6.02. The minimum atomic E-state index is 0.0599. The minimum absolute atomic E-state index is 0.0599. The molecule has 0 radical (unpaired) electrons. The molecule has 0 atom stereocenters. The van der Waals surface area contributed by atoms with Gasteiger partial charge in [0.25, 0.3) is 5.91 Å². The molecule has 21 heavy (non-hydrogen) atoms. The Balaban J connectivity index is 2.19. The van der Waals surface area contributed by atoms with Crippen molar-refractivity contribution in [1.82, 2.24) is 4.90 Å². The third-order valence-corrected chi connectivity index (χ3v) is 3.74. The number of methoxy groups -OCH3 is 2. The predicted octanol–water partition coefficient (Wildman–Crippen LogP) is 1.78. The Morgan fingerprint density at radius 1 is 1.24 bits per heavy atom. The van der Waals surface area contributed by atoms with Gasteiger partial charge < -0.3 is 19.7 Å². The highest BCUT2D eigenvalue weighted by Crippen LogP contribution is 2.26. The molecule has 2 rings (SSSR count). The normalized spacial score (nSPS) is 13.4. The molecule has 1 N–H and O–H groups in total. The first-order valence-corrected chi connectivity index (χ1v) is 7.41. The molecule has 1 amide bonds. The molecule has 5 nitrogen and oxygen atoms in total. The van der Waals surface area contributed by atoms with Gasteiger partial charge in [-0.25, -0.2) is 0 Å². The molecule has 0 spiro atoms. The van der Waals surface area contributed by atoms with Crippen molar-refractivity contribution in [2.24, 2.45) is 0 Å². The molecule has 1 heterocycles. The Hall–Kier alpha value is -1.59. The summed E-state index contributed by atoms with van der Waals surface area (Å²) in [5.74, 6) is 0.0599. The molecule has 0 aromatic heterocycles. The maximum atomic E-state index is 12.8. The van der Waals surface area contributed by atoms with Gasteiger partial charge in [-0.2, -0.15) is 0 Å². The van der Waals surface area contributed by atoms with Gasteiger partial charge in [0.05, 0.1) is 13.2 Å². The maximum Gasteiger partial charge on any atom is 0.254 e. The summed E-state index contributed by atoms with van der Waals surface area (Å²) in [4.78, 5) is 14.6. The lowest BCUT2D eigenvalue weighted by molar-refractivity contribution is 0.0626. The fraction of sp³-hybridized carbons (Fsp3) is 0.562. The third kappa shape index (κ3) is 3.95. The number of nitrogens with zero attached hydrogens (tertiary/aromatic N) is 1. The van der Waals surface area contributed by atoms with Gasteiger partial charge in [-0.3, -0.25) is 4.79 Å². The van der Waals surface area contributed by atoms with Crippen LogP contribution in [0, 0.1) is 0 Å². The zero-order chi connectivity index (χ0) is 15.1. The Morgan fingerprint density at radius 3 is 2.62 bits per heavy atom. The topological polar surface area (TPSA) is 50.8 Å². The minimum Gasteiger partial charge on any atom is -0.385 e. The maximum absolute atomic E-state index is 12.8. The largest absolute Gasteiger partial charge is 0.385 e. The van der Waals surface area contributed by atoms with Crippen molar-refractivity contribution in [2.45, 2.75) is 12.8 Å². The van der Waals surface area contributed by atoms with Gasteiger partial charge in [0.1, 0.15) is 0 Å².